The molecule has 0 unspecified atom stereocenters. The first-order chi connectivity index (χ1) is 8.49. The summed E-state index contributed by atoms with van der Waals surface area (Å²) in [7, 11) is 0. The van der Waals surface area contributed by atoms with E-state index in [2.05, 4.69) is 0 Å². The average molecular weight is 268 g/mol. The van der Waals surface area contributed by atoms with E-state index in [4.69, 9.17) is 26.5 Å². The number of rotatable bonds is 3. The normalized spacial score (nSPS) is 11.1. The molecule has 2 aromatic rings. The van der Waals surface area contributed by atoms with E-state index in [-0.39, 0.29) is 5.95 Å². The van der Waals surface area contributed by atoms with Crippen molar-refractivity contribution < 1.29 is 9.15 Å². The maximum atomic E-state index is 11.8. The van der Waals surface area contributed by atoms with Crippen molar-refractivity contribution in [2.24, 2.45) is 5.92 Å². The minimum Gasteiger partial charge on any atom is -0.464 e. The summed E-state index contributed by atoms with van der Waals surface area (Å²) in [5.41, 5.74) is 5.61. The van der Waals surface area contributed by atoms with Gasteiger partial charge < -0.3 is 14.9 Å². The predicted octanol–water partition coefficient (Wildman–Crippen LogP) is 3.06. The number of ether oxygens (including phenoxy) is 1. The van der Waals surface area contributed by atoms with Crippen molar-refractivity contribution in [3.8, 4) is 5.95 Å². The van der Waals surface area contributed by atoms with Gasteiger partial charge in [0.25, 0.3) is 0 Å². The van der Waals surface area contributed by atoms with E-state index in [9.17, 15) is 4.79 Å². The summed E-state index contributed by atoms with van der Waals surface area (Å²) in [6.45, 7) is 4.42. The van der Waals surface area contributed by atoms with Crippen molar-refractivity contribution in [2.75, 3.05) is 12.3 Å². The van der Waals surface area contributed by atoms with Gasteiger partial charge in [0, 0.05) is 11.1 Å². The molecule has 0 radical (unpaired) electrons. The van der Waals surface area contributed by atoms with Crippen LogP contribution in [0, 0.1) is 5.92 Å². The molecule has 0 aliphatic rings. The first-order valence-corrected chi connectivity index (χ1v) is 6.01. The summed E-state index contributed by atoms with van der Waals surface area (Å²) in [5.74, 6) is 0.376. The van der Waals surface area contributed by atoms with Gasteiger partial charge in [-0.25, -0.2) is 4.79 Å². The van der Waals surface area contributed by atoms with Crippen LogP contribution in [-0.2, 0) is 0 Å². The van der Waals surface area contributed by atoms with E-state index in [1.807, 2.05) is 13.8 Å². The summed E-state index contributed by atoms with van der Waals surface area (Å²) in [6.07, 6.45) is 0. The van der Waals surface area contributed by atoms with E-state index >= 15 is 0 Å². The third-order valence-corrected chi connectivity index (χ3v) is 2.77. The molecule has 1 aromatic carbocycles. The fraction of sp³-hybridized carbons (Fsp3) is 0.308. The van der Waals surface area contributed by atoms with Crippen molar-refractivity contribution in [3.63, 3.8) is 0 Å². The maximum Gasteiger partial charge on any atom is 0.346 e. The summed E-state index contributed by atoms with van der Waals surface area (Å²) in [6, 6.07) is 4.91. The van der Waals surface area contributed by atoms with Crippen molar-refractivity contribution in [2.45, 2.75) is 13.8 Å². The predicted molar refractivity (Wildman–Crippen MR) is 72.2 cm³/mol. The van der Waals surface area contributed by atoms with Crippen LogP contribution in [-0.4, -0.2) is 6.61 Å². The summed E-state index contributed by atoms with van der Waals surface area (Å²) >= 11 is 6.15. The van der Waals surface area contributed by atoms with Gasteiger partial charge in [0.05, 0.1) is 12.0 Å². The molecule has 0 aliphatic carbocycles. The Morgan fingerprint density at radius 2 is 2.11 bits per heavy atom. The fourth-order valence-corrected chi connectivity index (χ4v) is 1.81. The Bertz CT molecular complexity index is 634. The Labute approximate surface area is 109 Å². The Balaban J connectivity index is 2.55. The third-order valence-electron chi connectivity index (χ3n) is 2.41. The van der Waals surface area contributed by atoms with Gasteiger partial charge >= 0.3 is 11.6 Å². The zero-order valence-corrected chi connectivity index (χ0v) is 11.0. The highest BCUT2D eigenvalue weighted by molar-refractivity contribution is 6.36. The van der Waals surface area contributed by atoms with Crippen molar-refractivity contribution >= 4 is 28.1 Å². The topological polar surface area (TPSA) is 65.5 Å². The summed E-state index contributed by atoms with van der Waals surface area (Å²) in [5, 5.41) is 1.24. The quantitative estimate of drug-likeness (QED) is 0.868. The Hall–Kier alpha value is -1.68. The van der Waals surface area contributed by atoms with Crippen LogP contribution in [0.1, 0.15) is 13.8 Å². The van der Waals surface area contributed by atoms with Crippen LogP contribution in [0.4, 0.5) is 5.69 Å². The van der Waals surface area contributed by atoms with E-state index in [1.165, 1.54) is 0 Å². The second-order valence-corrected chi connectivity index (χ2v) is 4.88. The number of hydrogen-bond acceptors (Lipinski definition) is 4. The average Bonchev–Trinajstić information content (AvgIpc) is 2.31. The van der Waals surface area contributed by atoms with Crippen LogP contribution in [0.25, 0.3) is 10.8 Å². The molecule has 1 heterocycles. The van der Waals surface area contributed by atoms with Gasteiger partial charge in [-0.3, -0.25) is 0 Å². The Kier molecular flexibility index (Phi) is 3.48. The number of hydrogen-bond donors (Lipinski definition) is 1. The van der Waals surface area contributed by atoms with E-state index in [1.54, 1.807) is 18.2 Å². The molecule has 0 fully saturated rings. The van der Waals surface area contributed by atoms with E-state index in [0.29, 0.717) is 34.0 Å². The van der Waals surface area contributed by atoms with Crippen molar-refractivity contribution in [3.05, 3.63) is 33.6 Å². The number of fused-ring (bicyclic) bond motifs is 1. The molecule has 0 bridgehead atoms. The van der Waals surface area contributed by atoms with Gasteiger partial charge in [-0.1, -0.05) is 31.5 Å². The third kappa shape index (κ3) is 2.43. The standard InChI is InChI=1S/C13H14ClNO3/c1-7(2)6-17-13-11(14)9-4-3-8(15)5-10(9)12(16)18-13/h3-5,7H,6,15H2,1-2H3. The number of anilines is 1. The molecule has 5 heteroatoms. The molecule has 2 rings (SSSR count). The molecule has 2 N–H and O–H groups in total. The molecule has 1 aromatic heterocycles. The first-order valence-electron chi connectivity index (χ1n) is 5.63. The zero-order valence-electron chi connectivity index (χ0n) is 10.2. The van der Waals surface area contributed by atoms with E-state index < -0.39 is 5.63 Å². The molecule has 0 aliphatic heterocycles. The van der Waals surface area contributed by atoms with Crippen LogP contribution in [0.3, 0.4) is 0 Å². The minimum atomic E-state index is -0.500. The van der Waals surface area contributed by atoms with Crippen LogP contribution < -0.4 is 16.1 Å². The summed E-state index contributed by atoms with van der Waals surface area (Å²) in [4.78, 5) is 11.8. The smallest absolute Gasteiger partial charge is 0.346 e. The van der Waals surface area contributed by atoms with Crippen molar-refractivity contribution in [1.29, 1.82) is 0 Å². The molecule has 0 spiro atoms. The molecule has 0 amide bonds. The highest BCUT2D eigenvalue weighted by Gasteiger charge is 2.14. The van der Waals surface area contributed by atoms with Gasteiger partial charge in [-0.15, -0.1) is 0 Å². The molecule has 96 valence electrons. The molecule has 0 saturated carbocycles. The van der Waals surface area contributed by atoms with Gasteiger partial charge in [0.15, 0.2) is 0 Å². The number of halogens is 1. The van der Waals surface area contributed by atoms with Crippen LogP contribution in [0.2, 0.25) is 5.02 Å². The molecular formula is C13H14ClNO3. The molecule has 0 atom stereocenters. The number of nitrogen functional groups attached to an aromatic ring is 1. The molecule has 4 nitrogen and oxygen atoms in total. The van der Waals surface area contributed by atoms with Crippen LogP contribution in [0.15, 0.2) is 27.4 Å². The SMILES string of the molecule is CC(C)COc1oc(=O)c2cc(N)ccc2c1Cl. The number of benzene rings is 1. The number of nitrogens with two attached hydrogens (primary N) is 1. The molecule has 18 heavy (non-hydrogen) atoms. The molecular weight excluding hydrogens is 254 g/mol. The second kappa shape index (κ2) is 4.90. The van der Waals surface area contributed by atoms with Gasteiger partial charge in [-0.05, 0) is 18.1 Å². The van der Waals surface area contributed by atoms with E-state index in [0.717, 1.165) is 0 Å². The largest absolute Gasteiger partial charge is 0.464 e. The lowest BCUT2D eigenvalue weighted by atomic mass is 10.1. The lowest BCUT2D eigenvalue weighted by Crippen LogP contribution is -2.08. The van der Waals surface area contributed by atoms with Gasteiger partial charge in [-0.2, -0.15) is 0 Å². The lowest BCUT2D eigenvalue weighted by Gasteiger charge is -2.09. The Morgan fingerprint density at radius 1 is 1.39 bits per heavy atom. The highest BCUT2D eigenvalue weighted by Crippen LogP contribution is 2.31. The van der Waals surface area contributed by atoms with Crippen LogP contribution >= 0.6 is 11.6 Å². The summed E-state index contributed by atoms with van der Waals surface area (Å²) < 4.78 is 10.4. The van der Waals surface area contributed by atoms with Gasteiger partial charge in [0.2, 0.25) is 0 Å². The zero-order chi connectivity index (χ0) is 13.3. The van der Waals surface area contributed by atoms with Gasteiger partial charge in [0.1, 0.15) is 5.02 Å². The lowest BCUT2D eigenvalue weighted by molar-refractivity contribution is 0.204. The van der Waals surface area contributed by atoms with Crippen LogP contribution in [0.5, 0.6) is 5.95 Å². The fourth-order valence-electron chi connectivity index (χ4n) is 1.55. The van der Waals surface area contributed by atoms with Crippen molar-refractivity contribution in [1.82, 2.24) is 0 Å². The second-order valence-electron chi connectivity index (χ2n) is 4.50. The monoisotopic (exact) mass is 267 g/mol. The maximum absolute atomic E-state index is 11.8. The first kappa shape index (κ1) is 12.8. The molecule has 0 saturated heterocycles. The highest BCUT2D eigenvalue weighted by atomic mass is 35.5. The Morgan fingerprint density at radius 3 is 2.78 bits per heavy atom. The minimum absolute atomic E-state index is 0.0626.